The Balaban J connectivity index is 0.00000357. The molecule has 0 radical (unpaired) electrons. The van der Waals surface area contributed by atoms with Crippen molar-refractivity contribution >= 4 is 59.7 Å². The van der Waals surface area contributed by atoms with Crippen LogP contribution in [0.1, 0.15) is 45.1 Å². The Bertz CT molecular complexity index is 1700. The Hall–Kier alpha value is -1.95. The van der Waals surface area contributed by atoms with Crippen LogP contribution in [0.4, 0.5) is 0 Å². The standard InChI is InChI=1S/C24H32N10O6P2S2.CH4/c1-11-17-15(39-23(11)33-9-29-19-13(3)25-7-27-21(19)33)5-37-42(36,44)32-18-12(2)24(40-16(18)6-38-41(35,43)31-17)34-10-30-20-14(4)26-8-28-22(20)34;/h7-12,15-18,23-24H,5-6H2,1-4H3,(H2,31,35,43)(H2,32,36,44);1H4/t11-,12-,15-,16-,17+,18+,23-,24?,41?,42?;/m1./s1. The molecule has 7 rings (SSSR count). The Kier molecular flexibility index (Phi) is 8.98. The first kappa shape index (κ1) is 33.0. The van der Waals surface area contributed by atoms with Crippen molar-refractivity contribution in [2.24, 2.45) is 11.8 Å². The van der Waals surface area contributed by atoms with Gasteiger partial charge in [-0.3, -0.25) is 13.7 Å². The van der Waals surface area contributed by atoms with Crippen LogP contribution < -0.4 is 10.2 Å². The molecule has 20 heteroatoms. The van der Waals surface area contributed by atoms with Gasteiger partial charge >= 0.3 is 6.72 Å². The summed E-state index contributed by atoms with van der Waals surface area (Å²) in [5.41, 5.74) is 4.00. The van der Waals surface area contributed by atoms with Gasteiger partial charge in [0.1, 0.15) is 48.4 Å². The molecule has 3 aliphatic rings. The lowest BCUT2D eigenvalue weighted by molar-refractivity contribution is -0.0307. The van der Waals surface area contributed by atoms with Gasteiger partial charge in [0, 0.05) is 11.8 Å². The quantitative estimate of drug-likeness (QED) is 0.177. The van der Waals surface area contributed by atoms with Gasteiger partial charge in [-0.25, -0.2) is 40.1 Å². The zero-order valence-corrected chi connectivity index (χ0v) is 27.7. The van der Waals surface area contributed by atoms with Crippen molar-refractivity contribution < 1.29 is 28.0 Å². The summed E-state index contributed by atoms with van der Waals surface area (Å²) < 4.78 is 42.2. The summed E-state index contributed by atoms with van der Waals surface area (Å²) in [6, 6.07) is -1.08. The number of nitrogens with zero attached hydrogens (tertiary/aromatic N) is 8. The van der Waals surface area contributed by atoms with E-state index in [0.29, 0.717) is 22.3 Å². The normalized spacial score (nSPS) is 37.5. The predicted molar refractivity (Wildman–Crippen MR) is 172 cm³/mol. The van der Waals surface area contributed by atoms with Gasteiger partial charge in [-0.1, -0.05) is 33.5 Å². The molecule has 4 aromatic rings. The van der Waals surface area contributed by atoms with E-state index in [2.05, 4.69) is 52.3 Å². The molecule has 3 aliphatic heterocycles. The fourth-order valence-electron chi connectivity index (χ4n) is 6.24. The van der Waals surface area contributed by atoms with Crippen LogP contribution in [0.25, 0.3) is 22.3 Å². The molecule has 0 spiro atoms. The third-order valence-electron chi connectivity index (χ3n) is 8.55. The van der Waals surface area contributed by atoms with E-state index in [1.807, 2.05) is 36.8 Å². The van der Waals surface area contributed by atoms with Crippen molar-refractivity contribution in [3.8, 4) is 0 Å². The van der Waals surface area contributed by atoms with Crippen LogP contribution in [0.15, 0.2) is 25.3 Å². The molecule has 3 fully saturated rings. The SMILES string of the molecule is C.Cc1ncnc2c1ncn2C1O[C@@H]2COP(O)(=S)N[C@H]3[C@@H](C)[C@H](n4cnc5c(C)ncnc54)O[C@@H]3COP(=O)(S)N[C@H]2[C@H]1C. The first-order chi connectivity index (χ1) is 20.9. The number of fused-ring (bicyclic) bond motifs is 4. The van der Waals surface area contributed by atoms with Gasteiger partial charge in [0.05, 0.1) is 49.3 Å². The average molecular weight is 699 g/mol. The maximum Gasteiger partial charge on any atom is 0.323 e. The first-order valence-electron chi connectivity index (χ1n) is 14.0. The largest absolute Gasteiger partial charge is 0.350 e. The van der Waals surface area contributed by atoms with Gasteiger partial charge in [0.25, 0.3) is 6.64 Å². The summed E-state index contributed by atoms with van der Waals surface area (Å²) >= 11 is 10.00. The summed E-state index contributed by atoms with van der Waals surface area (Å²) in [6.07, 6.45) is 3.79. The zero-order valence-electron chi connectivity index (χ0n) is 24.2. The zero-order chi connectivity index (χ0) is 31.0. The smallest absolute Gasteiger partial charge is 0.323 e. The fraction of sp³-hybridized carbons (Fsp3) is 0.600. The lowest BCUT2D eigenvalue weighted by atomic mass is 10.00. The van der Waals surface area contributed by atoms with E-state index in [4.69, 9.17) is 30.3 Å². The van der Waals surface area contributed by atoms with Gasteiger partial charge < -0.3 is 23.4 Å². The highest BCUT2D eigenvalue weighted by Gasteiger charge is 2.50. The molecule has 10 atom stereocenters. The Labute approximate surface area is 270 Å². The van der Waals surface area contributed by atoms with Crippen LogP contribution in [0.3, 0.4) is 0 Å². The fourth-order valence-corrected chi connectivity index (χ4v) is 9.79. The second-order valence-corrected chi connectivity index (χ2v) is 17.5. The van der Waals surface area contributed by atoms with Crippen molar-refractivity contribution in [1.82, 2.24) is 49.2 Å². The van der Waals surface area contributed by atoms with E-state index in [-0.39, 0.29) is 32.5 Å². The first-order valence-corrected chi connectivity index (χ1v) is 19.5. The number of aromatic nitrogens is 8. The minimum absolute atomic E-state index is 0. The third kappa shape index (κ3) is 6.00. The second-order valence-electron chi connectivity index (χ2n) is 11.4. The highest BCUT2D eigenvalue weighted by atomic mass is 32.7. The Morgan fingerprint density at radius 2 is 1.31 bits per heavy atom. The monoisotopic (exact) mass is 698 g/mol. The maximum atomic E-state index is 13.8. The Morgan fingerprint density at radius 3 is 1.82 bits per heavy atom. The van der Waals surface area contributed by atoms with Crippen molar-refractivity contribution in [2.75, 3.05) is 13.2 Å². The summed E-state index contributed by atoms with van der Waals surface area (Å²) in [6.45, 7) is 0.130. The molecule has 3 N–H and O–H groups in total. The van der Waals surface area contributed by atoms with Crippen LogP contribution in [-0.4, -0.2) is 81.4 Å². The molecule has 0 aromatic carbocycles. The van der Waals surface area contributed by atoms with Gasteiger partial charge in [-0.15, -0.1) is 0 Å². The van der Waals surface area contributed by atoms with E-state index >= 15 is 0 Å². The molecular weight excluding hydrogens is 662 g/mol. The molecular formula is C25H36N10O6P2S2. The lowest BCUT2D eigenvalue weighted by Gasteiger charge is -2.31. The van der Waals surface area contributed by atoms with Crippen molar-refractivity contribution in [3.63, 3.8) is 0 Å². The molecule has 0 amide bonds. The highest BCUT2D eigenvalue weighted by molar-refractivity contribution is 8.45. The van der Waals surface area contributed by atoms with Crippen LogP contribution in [-0.2, 0) is 34.9 Å². The topological polar surface area (TPSA) is 185 Å². The van der Waals surface area contributed by atoms with E-state index in [9.17, 15) is 9.46 Å². The number of rotatable bonds is 2. The average Bonchev–Trinajstić information content (AvgIpc) is 3.73. The van der Waals surface area contributed by atoms with Crippen LogP contribution in [0.5, 0.6) is 0 Å². The molecule has 45 heavy (non-hydrogen) atoms. The molecule has 0 bridgehead atoms. The molecule has 16 nitrogen and oxygen atoms in total. The van der Waals surface area contributed by atoms with Crippen molar-refractivity contribution in [1.29, 1.82) is 0 Å². The van der Waals surface area contributed by atoms with E-state index in [1.54, 1.807) is 12.7 Å². The summed E-state index contributed by atoms with van der Waals surface area (Å²) in [5, 5.41) is 6.20. The number of hydrogen-bond donors (Lipinski definition) is 4. The molecule has 0 aliphatic carbocycles. The maximum absolute atomic E-state index is 13.8. The van der Waals surface area contributed by atoms with Crippen LogP contribution in [0.2, 0.25) is 0 Å². The van der Waals surface area contributed by atoms with Gasteiger partial charge in [-0.2, -0.15) is 0 Å². The Morgan fingerprint density at radius 1 is 0.844 bits per heavy atom. The number of thiol groups is 1. The number of aryl methyl sites for hydroxylation is 2. The van der Waals surface area contributed by atoms with E-state index in [1.165, 1.54) is 12.7 Å². The number of nitrogens with one attached hydrogen (secondary N) is 2. The number of imidazole rings is 2. The van der Waals surface area contributed by atoms with Gasteiger partial charge in [0.15, 0.2) is 11.3 Å². The van der Waals surface area contributed by atoms with Crippen molar-refractivity contribution in [2.45, 2.75) is 71.9 Å². The molecule has 0 saturated carbocycles. The minimum atomic E-state index is -3.70. The third-order valence-corrected chi connectivity index (χ3v) is 12.1. The molecule has 4 aromatic heterocycles. The lowest BCUT2D eigenvalue weighted by Crippen LogP contribution is -2.44. The van der Waals surface area contributed by atoms with E-state index in [0.717, 1.165) is 11.4 Å². The van der Waals surface area contributed by atoms with Crippen molar-refractivity contribution in [3.05, 3.63) is 36.7 Å². The second kappa shape index (κ2) is 12.3. The molecule has 244 valence electrons. The summed E-state index contributed by atoms with van der Waals surface area (Å²) in [7, 11) is 0. The molecule has 3 saturated heterocycles. The number of hydrogen-bond acceptors (Lipinski definition) is 12. The summed E-state index contributed by atoms with van der Waals surface area (Å²) in [5.74, 6) is -0.531. The van der Waals surface area contributed by atoms with Gasteiger partial charge in [0.2, 0.25) is 0 Å². The minimum Gasteiger partial charge on any atom is -0.350 e. The molecule has 3 unspecified atom stereocenters. The van der Waals surface area contributed by atoms with Crippen LogP contribution >= 0.6 is 25.6 Å². The summed E-state index contributed by atoms with van der Waals surface area (Å²) in [4.78, 5) is 37.5. The molecule has 7 heterocycles. The highest BCUT2D eigenvalue weighted by Crippen LogP contribution is 2.53. The van der Waals surface area contributed by atoms with Crippen LogP contribution in [0, 0.1) is 25.7 Å². The predicted octanol–water partition coefficient (Wildman–Crippen LogP) is 3.20. The van der Waals surface area contributed by atoms with Gasteiger partial charge in [-0.05, 0) is 25.7 Å². The number of ether oxygens (including phenoxy) is 2. The van der Waals surface area contributed by atoms with E-state index < -0.39 is 50.1 Å².